The van der Waals surface area contributed by atoms with Gasteiger partial charge in [0.05, 0.1) is 11.4 Å². The van der Waals surface area contributed by atoms with E-state index in [0.717, 1.165) is 13.0 Å². The topological polar surface area (TPSA) is 63.8 Å². The van der Waals surface area contributed by atoms with Gasteiger partial charge in [0.1, 0.15) is 0 Å². The number of halogens is 1. The lowest BCUT2D eigenvalue weighted by atomic mass is 10.1. The highest BCUT2D eigenvalue weighted by Gasteiger charge is 2.06. The van der Waals surface area contributed by atoms with Crippen LogP contribution in [0.25, 0.3) is 0 Å². The number of aryl methyl sites for hydroxylation is 1. The van der Waals surface area contributed by atoms with Gasteiger partial charge in [-0.05, 0) is 30.5 Å². The fourth-order valence-electron chi connectivity index (χ4n) is 1.65. The Morgan fingerprint density at radius 2 is 1.94 bits per heavy atom. The van der Waals surface area contributed by atoms with Crippen molar-refractivity contribution in [3.05, 3.63) is 46.9 Å². The number of benzene rings is 1. The minimum atomic E-state index is 0.212. The number of anilines is 2. The Morgan fingerprint density at radius 1 is 1.22 bits per heavy atom. The van der Waals surface area contributed by atoms with Gasteiger partial charge in [0.25, 0.3) is 0 Å². The van der Waals surface area contributed by atoms with E-state index in [-0.39, 0.29) is 5.28 Å². The molecule has 3 N–H and O–H groups in total. The molecule has 0 saturated carbocycles. The Bertz CT molecular complexity index is 528. The van der Waals surface area contributed by atoms with Crippen LogP contribution in [0.3, 0.4) is 0 Å². The molecule has 4 nitrogen and oxygen atoms in total. The molecule has 0 aliphatic carbocycles. The molecule has 1 aromatic carbocycles. The Kier molecular flexibility index (Phi) is 3.99. The van der Waals surface area contributed by atoms with Gasteiger partial charge in [-0.3, -0.25) is 0 Å². The molecule has 0 saturated heterocycles. The Hall–Kier alpha value is -1.81. The molecule has 0 aliphatic rings. The summed E-state index contributed by atoms with van der Waals surface area (Å²) in [6.45, 7) is 2.56. The smallest absolute Gasteiger partial charge is 0.224 e. The molecule has 0 atom stereocenters. The van der Waals surface area contributed by atoms with Gasteiger partial charge < -0.3 is 11.1 Å². The lowest BCUT2D eigenvalue weighted by Crippen LogP contribution is -2.10. The second-order valence-electron chi connectivity index (χ2n) is 4.00. The third-order valence-corrected chi connectivity index (χ3v) is 2.83. The maximum atomic E-state index is 5.88. The molecule has 2 aromatic rings. The van der Waals surface area contributed by atoms with E-state index in [1.807, 2.05) is 25.1 Å². The molecule has 0 amide bonds. The zero-order chi connectivity index (χ0) is 13.0. The quantitative estimate of drug-likeness (QED) is 0.832. The number of nitrogen functional groups attached to an aromatic ring is 1. The van der Waals surface area contributed by atoms with E-state index in [4.69, 9.17) is 17.3 Å². The van der Waals surface area contributed by atoms with E-state index >= 15 is 0 Å². The predicted octanol–water partition coefficient (Wildman–Crippen LogP) is 2.68. The lowest BCUT2D eigenvalue weighted by molar-refractivity contribution is 0.995. The molecule has 18 heavy (non-hydrogen) atoms. The molecule has 1 heterocycles. The van der Waals surface area contributed by atoms with Crippen LogP contribution in [0.4, 0.5) is 11.5 Å². The fraction of sp³-hybridized carbons (Fsp3) is 0.231. The zero-order valence-electron chi connectivity index (χ0n) is 10.2. The van der Waals surface area contributed by atoms with Crippen molar-refractivity contribution in [1.82, 2.24) is 9.97 Å². The average molecular weight is 263 g/mol. The van der Waals surface area contributed by atoms with Crippen molar-refractivity contribution in [3.8, 4) is 0 Å². The van der Waals surface area contributed by atoms with Gasteiger partial charge in [0.2, 0.25) is 5.28 Å². The first-order valence-corrected chi connectivity index (χ1v) is 6.12. The fourth-order valence-corrected chi connectivity index (χ4v) is 1.86. The number of nitrogens with zero attached hydrogens (tertiary/aromatic N) is 2. The van der Waals surface area contributed by atoms with Crippen LogP contribution in [-0.2, 0) is 6.42 Å². The molecule has 2 rings (SSSR count). The van der Waals surface area contributed by atoms with Crippen molar-refractivity contribution in [2.75, 3.05) is 17.6 Å². The van der Waals surface area contributed by atoms with E-state index in [2.05, 4.69) is 27.4 Å². The van der Waals surface area contributed by atoms with Crippen molar-refractivity contribution < 1.29 is 0 Å². The molecule has 0 fully saturated rings. The van der Waals surface area contributed by atoms with Crippen LogP contribution in [0.1, 0.15) is 11.3 Å². The molecular formula is C13H15ClN4. The molecule has 5 heteroatoms. The molecule has 0 spiro atoms. The Morgan fingerprint density at radius 3 is 2.67 bits per heavy atom. The van der Waals surface area contributed by atoms with Crippen LogP contribution in [0, 0.1) is 6.92 Å². The summed E-state index contributed by atoms with van der Waals surface area (Å²) >= 11 is 5.80. The standard InChI is InChI=1S/C13H15ClN4/c1-9-11(15)12(18-13(14)17-9)16-8-7-10-5-3-2-4-6-10/h2-6H,7-8,15H2,1H3,(H,16,17,18). The summed E-state index contributed by atoms with van der Waals surface area (Å²) in [4.78, 5) is 8.07. The first-order chi connectivity index (χ1) is 8.66. The van der Waals surface area contributed by atoms with Gasteiger partial charge in [-0.1, -0.05) is 30.3 Å². The van der Waals surface area contributed by atoms with Crippen LogP contribution in [0.2, 0.25) is 5.28 Å². The monoisotopic (exact) mass is 262 g/mol. The van der Waals surface area contributed by atoms with Gasteiger partial charge in [0, 0.05) is 6.54 Å². The van der Waals surface area contributed by atoms with Crippen LogP contribution >= 0.6 is 11.6 Å². The van der Waals surface area contributed by atoms with Crippen molar-refractivity contribution in [3.63, 3.8) is 0 Å². The normalized spacial score (nSPS) is 10.3. The highest BCUT2D eigenvalue weighted by molar-refractivity contribution is 6.28. The van der Waals surface area contributed by atoms with E-state index in [1.54, 1.807) is 0 Å². The minimum absolute atomic E-state index is 0.212. The number of aromatic nitrogens is 2. The third-order valence-electron chi connectivity index (χ3n) is 2.66. The van der Waals surface area contributed by atoms with Gasteiger partial charge >= 0.3 is 0 Å². The van der Waals surface area contributed by atoms with E-state index < -0.39 is 0 Å². The van der Waals surface area contributed by atoms with Crippen LogP contribution < -0.4 is 11.1 Å². The molecular weight excluding hydrogens is 248 g/mol. The highest BCUT2D eigenvalue weighted by Crippen LogP contribution is 2.20. The largest absolute Gasteiger partial charge is 0.394 e. The van der Waals surface area contributed by atoms with Crippen molar-refractivity contribution >= 4 is 23.1 Å². The zero-order valence-corrected chi connectivity index (χ0v) is 10.9. The number of nitrogens with two attached hydrogens (primary N) is 1. The maximum Gasteiger partial charge on any atom is 0.224 e. The summed E-state index contributed by atoms with van der Waals surface area (Å²) in [5.41, 5.74) is 8.39. The number of rotatable bonds is 4. The van der Waals surface area contributed by atoms with Gasteiger partial charge in [-0.25, -0.2) is 4.98 Å². The molecule has 0 unspecified atom stereocenters. The Balaban J connectivity index is 1.99. The summed E-state index contributed by atoms with van der Waals surface area (Å²) in [5.74, 6) is 0.600. The van der Waals surface area contributed by atoms with Crippen LogP contribution in [0.5, 0.6) is 0 Å². The highest BCUT2D eigenvalue weighted by atomic mass is 35.5. The summed E-state index contributed by atoms with van der Waals surface area (Å²) < 4.78 is 0. The van der Waals surface area contributed by atoms with Crippen molar-refractivity contribution in [2.24, 2.45) is 0 Å². The van der Waals surface area contributed by atoms with Crippen molar-refractivity contribution in [1.29, 1.82) is 0 Å². The summed E-state index contributed by atoms with van der Waals surface area (Å²) in [5, 5.41) is 3.39. The van der Waals surface area contributed by atoms with Gasteiger partial charge in [-0.2, -0.15) is 4.98 Å². The van der Waals surface area contributed by atoms with E-state index in [1.165, 1.54) is 5.56 Å². The maximum absolute atomic E-state index is 5.88. The lowest BCUT2D eigenvalue weighted by Gasteiger charge is -2.10. The first kappa shape index (κ1) is 12.6. The van der Waals surface area contributed by atoms with Crippen LogP contribution in [0.15, 0.2) is 30.3 Å². The summed E-state index contributed by atoms with van der Waals surface area (Å²) in [6.07, 6.45) is 0.904. The number of nitrogens with one attached hydrogen (secondary N) is 1. The molecule has 1 aromatic heterocycles. The Labute approximate surface area is 111 Å². The predicted molar refractivity (Wildman–Crippen MR) is 74.8 cm³/mol. The van der Waals surface area contributed by atoms with Gasteiger partial charge in [0.15, 0.2) is 5.82 Å². The molecule has 0 bridgehead atoms. The molecule has 94 valence electrons. The summed E-state index contributed by atoms with van der Waals surface area (Å²) in [7, 11) is 0. The molecule has 0 aliphatic heterocycles. The third kappa shape index (κ3) is 3.11. The average Bonchev–Trinajstić information content (AvgIpc) is 2.36. The minimum Gasteiger partial charge on any atom is -0.394 e. The number of hydrogen-bond acceptors (Lipinski definition) is 4. The molecule has 0 radical (unpaired) electrons. The van der Waals surface area contributed by atoms with Crippen molar-refractivity contribution in [2.45, 2.75) is 13.3 Å². The van der Waals surface area contributed by atoms with Gasteiger partial charge in [-0.15, -0.1) is 0 Å². The van der Waals surface area contributed by atoms with E-state index in [9.17, 15) is 0 Å². The van der Waals surface area contributed by atoms with Crippen LogP contribution in [-0.4, -0.2) is 16.5 Å². The second kappa shape index (κ2) is 5.69. The second-order valence-corrected chi connectivity index (χ2v) is 4.34. The first-order valence-electron chi connectivity index (χ1n) is 5.74. The van der Waals surface area contributed by atoms with E-state index in [0.29, 0.717) is 17.2 Å². The summed E-state index contributed by atoms with van der Waals surface area (Å²) in [6, 6.07) is 10.2. The SMILES string of the molecule is Cc1nc(Cl)nc(NCCc2ccccc2)c1N. The number of hydrogen-bond donors (Lipinski definition) is 2.